The van der Waals surface area contributed by atoms with Crippen molar-refractivity contribution in [2.24, 2.45) is 0 Å². The Morgan fingerprint density at radius 3 is 1.88 bits per heavy atom. The van der Waals surface area contributed by atoms with Crippen LogP contribution in [0.25, 0.3) is 0 Å². The van der Waals surface area contributed by atoms with Crippen molar-refractivity contribution in [2.75, 3.05) is 6.61 Å². The van der Waals surface area contributed by atoms with Crippen molar-refractivity contribution in [1.29, 1.82) is 0 Å². The first-order chi connectivity index (χ1) is 19.1. The van der Waals surface area contributed by atoms with Crippen LogP contribution in [0.2, 0.25) is 0 Å². The third kappa shape index (κ3) is 6.73. The second-order valence-corrected chi connectivity index (χ2v) is 9.40. The summed E-state index contributed by atoms with van der Waals surface area (Å²) >= 11 is 0. The molecule has 1 N–H and O–H groups in total. The van der Waals surface area contributed by atoms with Gasteiger partial charge in [0, 0.05) is 44.9 Å². The molecule has 11 nitrogen and oxygen atoms in total. The summed E-state index contributed by atoms with van der Waals surface area (Å²) in [6, 6.07) is 18.5. The molecule has 40 heavy (non-hydrogen) atoms. The summed E-state index contributed by atoms with van der Waals surface area (Å²) in [6.45, 7) is 3.21. The van der Waals surface area contributed by atoms with E-state index in [0.717, 1.165) is 25.0 Å². The van der Waals surface area contributed by atoms with Crippen molar-refractivity contribution in [2.45, 2.75) is 58.2 Å². The predicted octanol–water partition coefficient (Wildman–Crippen LogP) is 2.04. The summed E-state index contributed by atoms with van der Waals surface area (Å²) in [5.41, 5.74) is 0.920. The van der Waals surface area contributed by atoms with E-state index in [4.69, 9.17) is 18.9 Å². The van der Waals surface area contributed by atoms with Crippen LogP contribution in [0.5, 0.6) is 0 Å². The van der Waals surface area contributed by atoms with Crippen LogP contribution in [0, 0.1) is 0 Å². The average Bonchev–Trinajstić information content (AvgIpc) is 2.89. The van der Waals surface area contributed by atoms with Gasteiger partial charge in [-0.15, -0.1) is 0 Å². The van der Waals surface area contributed by atoms with Crippen LogP contribution in [-0.4, -0.2) is 52.4 Å². The minimum Gasteiger partial charge on any atom is -0.456 e. The summed E-state index contributed by atoms with van der Waals surface area (Å²) < 4.78 is 23.5. The lowest BCUT2D eigenvalue weighted by atomic mass is 9.98. The van der Waals surface area contributed by atoms with E-state index >= 15 is 0 Å². The van der Waals surface area contributed by atoms with E-state index < -0.39 is 53.7 Å². The third-order valence-electron chi connectivity index (χ3n) is 6.37. The van der Waals surface area contributed by atoms with E-state index in [1.165, 1.54) is 11.5 Å². The van der Waals surface area contributed by atoms with Gasteiger partial charge >= 0.3 is 23.6 Å². The molecule has 0 bridgehead atoms. The molecule has 0 radical (unpaired) electrons. The fraction of sp³-hybridized carbons (Fsp3) is 0.345. The lowest BCUT2D eigenvalue weighted by Crippen LogP contribution is -2.57. The van der Waals surface area contributed by atoms with E-state index in [1.54, 1.807) is 0 Å². The monoisotopic (exact) mass is 550 g/mol. The molecule has 1 aliphatic rings. The molecule has 1 fully saturated rings. The molecule has 1 saturated heterocycles. The molecule has 1 aliphatic heterocycles. The molecule has 0 unspecified atom stereocenters. The van der Waals surface area contributed by atoms with Crippen LogP contribution >= 0.6 is 0 Å². The SMILES string of the molecule is CC(=O)O[C@@H]1[C@@H](OC(C)=O)[C@H](OC(C)=O)CO[C@H]1n1c(Cc2ccccc2)c(Cc2ccccc2)c(=O)[nH]c1=O. The number of aromatic nitrogens is 2. The number of esters is 3. The fourth-order valence-corrected chi connectivity index (χ4v) is 4.81. The Kier molecular flexibility index (Phi) is 8.95. The minimum absolute atomic E-state index is 0.167. The maximum Gasteiger partial charge on any atom is 0.330 e. The highest BCUT2D eigenvalue weighted by atomic mass is 16.6. The van der Waals surface area contributed by atoms with Crippen molar-refractivity contribution in [3.63, 3.8) is 0 Å². The van der Waals surface area contributed by atoms with Gasteiger partial charge in [0.1, 0.15) is 0 Å². The minimum atomic E-state index is -1.39. The highest BCUT2D eigenvalue weighted by molar-refractivity contribution is 5.68. The number of aromatic amines is 1. The molecule has 0 saturated carbocycles. The van der Waals surface area contributed by atoms with Gasteiger partial charge in [0.05, 0.1) is 6.61 Å². The van der Waals surface area contributed by atoms with Crippen LogP contribution in [0.15, 0.2) is 70.3 Å². The number of H-pyrrole nitrogens is 1. The molecular weight excluding hydrogens is 520 g/mol. The molecular formula is C29H30N2O9. The van der Waals surface area contributed by atoms with Gasteiger partial charge in [-0.2, -0.15) is 0 Å². The number of hydrogen-bond acceptors (Lipinski definition) is 9. The summed E-state index contributed by atoms with van der Waals surface area (Å²) in [4.78, 5) is 65.0. The van der Waals surface area contributed by atoms with Crippen LogP contribution in [0.1, 0.15) is 49.4 Å². The molecule has 0 spiro atoms. The molecule has 210 valence electrons. The number of nitrogens with zero attached hydrogens (tertiary/aromatic N) is 1. The Hall–Kier alpha value is -4.51. The zero-order valence-electron chi connectivity index (χ0n) is 22.3. The predicted molar refractivity (Wildman–Crippen MR) is 141 cm³/mol. The molecule has 11 heteroatoms. The lowest BCUT2D eigenvalue weighted by Gasteiger charge is -2.41. The van der Waals surface area contributed by atoms with E-state index in [2.05, 4.69) is 4.98 Å². The smallest absolute Gasteiger partial charge is 0.330 e. The van der Waals surface area contributed by atoms with E-state index in [-0.39, 0.29) is 19.4 Å². The van der Waals surface area contributed by atoms with Gasteiger partial charge in [-0.25, -0.2) is 4.79 Å². The maximum absolute atomic E-state index is 13.5. The molecule has 3 aromatic rings. The summed E-state index contributed by atoms with van der Waals surface area (Å²) in [6.07, 6.45) is -4.74. The largest absolute Gasteiger partial charge is 0.456 e. The van der Waals surface area contributed by atoms with Crippen molar-refractivity contribution >= 4 is 17.9 Å². The highest BCUT2D eigenvalue weighted by Crippen LogP contribution is 2.32. The first-order valence-corrected chi connectivity index (χ1v) is 12.7. The van der Waals surface area contributed by atoms with E-state index in [1.807, 2.05) is 60.7 Å². The number of hydrogen-bond donors (Lipinski definition) is 1. The van der Waals surface area contributed by atoms with Gasteiger partial charge in [0.25, 0.3) is 5.56 Å². The van der Waals surface area contributed by atoms with Crippen molar-refractivity contribution in [3.8, 4) is 0 Å². The van der Waals surface area contributed by atoms with Gasteiger partial charge in [-0.05, 0) is 11.1 Å². The summed E-state index contributed by atoms with van der Waals surface area (Å²) in [7, 11) is 0. The normalized spacial score (nSPS) is 20.4. The number of rotatable bonds is 8. The number of carbonyl (C=O) groups is 3. The number of ether oxygens (including phenoxy) is 4. The topological polar surface area (TPSA) is 143 Å². The van der Waals surface area contributed by atoms with E-state index in [0.29, 0.717) is 11.3 Å². The summed E-state index contributed by atoms with van der Waals surface area (Å²) in [5.74, 6) is -2.13. The third-order valence-corrected chi connectivity index (χ3v) is 6.37. The van der Waals surface area contributed by atoms with Crippen LogP contribution in [0.4, 0.5) is 0 Å². The van der Waals surface area contributed by atoms with Crippen molar-refractivity contribution < 1.29 is 33.3 Å². The molecule has 2 heterocycles. The van der Waals surface area contributed by atoms with Crippen LogP contribution in [-0.2, 0) is 46.2 Å². The van der Waals surface area contributed by atoms with Gasteiger partial charge < -0.3 is 18.9 Å². The Balaban J connectivity index is 1.91. The standard InChI is InChI=1S/C29H30N2O9/c1-17(32)38-24-16-37-28(26(40-19(3)34)25(24)39-18(2)33)31-23(15-21-12-8-5-9-13-21)22(27(35)30-29(31)36)14-20-10-6-4-7-11-20/h4-13,24-26,28H,14-16H2,1-3H3,(H,30,35,36)/t24-,25+,26-,28-/m1/s1. The van der Waals surface area contributed by atoms with Gasteiger partial charge in [-0.3, -0.25) is 28.7 Å². The quantitative estimate of drug-likeness (QED) is 0.329. The zero-order chi connectivity index (χ0) is 28.8. The first kappa shape index (κ1) is 28.5. The zero-order valence-corrected chi connectivity index (χ0v) is 22.3. The van der Waals surface area contributed by atoms with Gasteiger partial charge in [0.15, 0.2) is 24.5 Å². The van der Waals surface area contributed by atoms with Crippen LogP contribution in [0.3, 0.4) is 0 Å². The van der Waals surface area contributed by atoms with Crippen molar-refractivity contribution in [1.82, 2.24) is 9.55 Å². The molecule has 0 aliphatic carbocycles. The molecule has 4 rings (SSSR count). The average molecular weight is 551 g/mol. The second-order valence-electron chi connectivity index (χ2n) is 9.40. The van der Waals surface area contributed by atoms with Crippen molar-refractivity contribution in [3.05, 3.63) is 104 Å². The highest BCUT2D eigenvalue weighted by Gasteiger charge is 2.48. The number of benzene rings is 2. The Morgan fingerprint density at radius 2 is 1.32 bits per heavy atom. The van der Waals surface area contributed by atoms with E-state index in [9.17, 15) is 24.0 Å². The Bertz CT molecular complexity index is 1480. The Labute approximate surface area is 229 Å². The molecule has 4 atom stereocenters. The lowest BCUT2D eigenvalue weighted by molar-refractivity contribution is -0.240. The fourth-order valence-electron chi connectivity index (χ4n) is 4.81. The number of nitrogens with one attached hydrogen (secondary N) is 1. The number of carbonyl (C=O) groups excluding carboxylic acids is 3. The van der Waals surface area contributed by atoms with Gasteiger partial charge in [-0.1, -0.05) is 60.7 Å². The molecule has 2 aromatic carbocycles. The molecule has 0 amide bonds. The summed E-state index contributed by atoms with van der Waals surface area (Å²) in [5, 5.41) is 0. The second kappa shape index (κ2) is 12.6. The van der Waals surface area contributed by atoms with Crippen LogP contribution < -0.4 is 11.2 Å². The van der Waals surface area contributed by atoms with Gasteiger partial charge in [0.2, 0.25) is 0 Å². The Morgan fingerprint density at radius 1 is 0.800 bits per heavy atom. The maximum atomic E-state index is 13.5. The molecule has 1 aromatic heterocycles. The first-order valence-electron chi connectivity index (χ1n) is 12.7.